The fourth-order valence-corrected chi connectivity index (χ4v) is 5.19. The molecule has 0 spiro atoms. The number of carbonyl (C=O) groups is 1. The number of sulfone groups is 1. The summed E-state index contributed by atoms with van der Waals surface area (Å²) in [5.41, 5.74) is 0.506. The van der Waals surface area contributed by atoms with Gasteiger partial charge in [-0.2, -0.15) is 4.98 Å². The topological polar surface area (TPSA) is 112 Å². The van der Waals surface area contributed by atoms with E-state index >= 15 is 0 Å². The van der Waals surface area contributed by atoms with Gasteiger partial charge < -0.3 is 18.9 Å². The Kier molecular flexibility index (Phi) is 6.33. The molecular weight excluding hydrogens is 452 g/mol. The molecule has 0 bridgehead atoms. The molecule has 0 aliphatic carbocycles. The lowest BCUT2D eigenvalue weighted by Gasteiger charge is -2.09. The number of para-hydroxylation sites is 2. The summed E-state index contributed by atoms with van der Waals surface area (Å²) in [5, 5.41) is 2.46. The number of rotatable bonds is 8. The first kappa shape index (κ1) is 21.7. The third-order valence-electron chi connectivity index (χ3n) is 4.32. The monoisotopic (exact) mass is 470 g/mol. The van der Waals surface area contributed by atoms with Crippen molar-refractivity contribution in [3.05, 3.63) is 73.0 Å². The average molecular weight is 471 g/mol. The predicted molar refractivity (Wildman–Crippen MR) is 118 cm³/mol. The summed E-state index contributed by atoms with van der Waals surface area (Å²) >= 11 is 0.925. The van der Waals surface area contributed by atoms with Gasteiger partial charge >= 0.3 is 0 Å². The van der Waals surface area contributed by atoms with Crippen molar-refractivity contribution in [3.8, 4) is 17.4 Å². The summed E-state index contributed by atoms with van der Waals surface area (Å²) in [6.07, 6.45) is 1.43. The number of anilines is 1. The van der Waals surface area contributed by atoms with E-state index in [1.54, 1.807) is 54.6 Å². The maximum Gasteiger partial charge on any atom is 0.265 e. The number of ether oxygens (including phenoxy) is 1. The first-order valence-corrected chi connectivity index (χ1v) is 11.9. The minimum atomic E-state index is -3.98. The van der Waals surface area contributed by atoms with Crippen LogP contribution in [0.3, 0.4) is 0 Å². The highest BCUT2D eigenvalue weighted by Crippen LogP contribution is 2.35. The summed E-state index contributed by atoms with van der Waals surface area (Å²) in [6.45, 7) is 0. The molecule has 1 N–H and O–H groups in total. The molecule has 0 aliphatic heterocycles. The van der Waals surface area contributed by atoms with E-state index in [-0.39, 0.29) is 38.3 Å². The minimum Gasteiger partial charge on any atom is -0.495 e. The van der Waals surface area contributed by atoms with E-state index < -0.39 is 9.84 Å². The molecule has 10 heteroatoms. The molecule has 8 nitrogen and oxygen atoms in total. The van der Waals surface area contributed by atoms with Gasteiger partial charge in [0, 0.05) is 0 Å². The van der Waals surface area contributed by atoms with Crippen LogP contribution < -0.4 is 10.1 Å². The van der Waals surface area contributed by atoms with E-state index in [1.807, 2.05) is 0 Å². The zero-order valence-electron chi connectivity index (χ0n) is 16.8. The second kappa shape index (κ2) is 9.33. The summed E-state index contributed by atoms with van der Waals surface area (Å²) in [5.74, 6) is 0.329. The average Bonchev–Trinajstić information content (AvgIpc) is 3.49. The number of benzene rings is 2. The number of hydrogen-bond donors (Lipinski definition) is 1. The van der Waals surface area contributed by atoms with Crippen LogP contribution >= 0.6 is 11.8 Å². The number of hydrogen-bond acceptors (Lipinski definition) is 8. The lowest BCUT2D eigenvalue weighted by molar-refractivity contribution is -0.113. The molecule has 0 saturated heterocycles. The predicted octanol–water partition coefficient (Wildman–Crippen LogP) is 4.51. The standard InChI is InChI=1S/C22H18N2O6S2/c1-28-17-11-6-5-10-16(17)23-19(25)14-31-22-21(24-20(30-22)18-12-7-13-29-18)32(26,27)15-8-3-2-4-9-15/h2-13H,14H2,1H3,(H,23,25). The Hall–Kier alpha value is -3.50. The molecule has 0 aliphatic rings. The first-order chi connectivity index (χ1) is 15.5. The number of nitrogens with zero attached hydrogens (tertiary/aromatic N) is 1. The summed E-state index contributed by atoms with van der Waals surface area (Å²) in [4.78, 5) is 16.7. The SMILES string of the molecule is COc1ccccc1NC(=O)CSc1oc(-c2ccco2)nc1S(=O)(=O)c1ccccc1. The lowest BCUT2D eigenvalue weighted by Crippen LogP contribution is -2.15. The van der Waals surface area contributed by atoms with Crippen LogP contribution in [0.15, 0.2) is 96.8 Å². The minimum absolute atomic E-state index is 0.00423. The Labute approximate surface area is 188 Å². The van der Waals surface area contributed by atoms with E-state index in [0.29, 0.717) is 11.4 Å². The Balaban J connectivity index is 1.61. The fraction of sp³-hybridized carbons (Fsp3) is 0.0909. The molecular formula is C22H18N2O6S2. The van der Waals surface area contributed by atoms with Crippen molar-refractivity contribution >= 4 is 33.2 Å². The van der Waals surface area contributed by atoms with Crippen molar-refractivity contribution in [2.24, 2.45) is 0 Å². The van der Waals surface area contributed by atoms with E-state index in [4.69, 9.17) is 13.6 Å². The Morgan fingerprint density at radius 2 is 1.81 bits per heavy atom. The van der Waals surface area contributed by atoms with Crippen molar-refractivity contribution in [1.82, 2.24) is 4.98 Å². The molecule has 1 amide bonds. The number of amides is 1. The maximum atomic E-state index is 13.2. The molecule has 4 rings (SSSR count). The molecule has 0 fully saturated rings. The summed E-state index contributed by atoms with van der Waals surface area (Å²) in [6, 6.07) is 18.1. The van der Waals surface area contributed by atoms with Gasteiger partial charge in [-0.15, -0.1) is 0 Å². The number of aromatic nitrogens is 1. The van der Waals surface area contributed by atoms with E-state index in [9.17, 15) is 13.2 Å². The second-order valence-electron chi connectivity index (χ2n) is 6.44. The van der Waals surface area contributed by atoms with Crippen molar-refractivity contribution in [1.29, 1.82) is 0 Å². The molecule has 2 heterocycles. The third-order valence-corrected chi connectivity index (χ3v) is 7.08. The van der Waals surface area contributed by atoms with Gasteiger partial charge in [0.05, 0.1) is 29.7 Å². The lowest BCUT2D eigenvalue weighted by atomic mass is 10.3. The van der Waals surface area contributed by atoms with Crippen LogP contribution in [0.5, 0.6) is 5.75 Å². The zero-order chi connectivity index (χ0) is 22.6. The van der Waals surface area contributed by atoms with Gasteiger partial charge in [0.15, 0.2) is 5.76 Å². The third kappa shape index (κ3) is 4.56. The van der Waals surface area contributed by atoms with Gasteiger partial charge in [0.2, 0.25) is 25.9 Å². The highest BCUT2D eigenvalue weighted by Gasteiger charge is 2.29. The van der Waals surface area contributed by atoms with Crippen LogP contribution in [0.2, 0.25) is 0 Å². The molecule has 4 aromatic rings. The zero-order valence-corrected chi connectivity index (χ0v) is 18.5. The van der Waals surface area contributed by atoms with Crippen molar-refractivity contribution < 1.29 is 26.8 Å². The highest BCUT2D eigenvalue weighted by molar-refractivity contribution is 8.00. The van der Waals surface area contributed by atoms with Crippen molar-refractivity contribution in [2.75, 3.05) is 18.2 Å². The van der Waals surface area contributed by atoms with Gasteiger partial charge in [-0.3, -0.25) is 4.79 Å². The second-order valence-corrected chi connectivity index (χ2v) is 9.26. The number of methoxy groups -OCH3 is 1. The summed E-state index contributed by atoms with van der Waals surface area (Å²) < 4.78 is 42.5. The van der Waals surface area contributed by atoms with E-state index in [1.165, 1.54) is 25.5 Å². The van der Waals surface area contributed by atoms with Crippen LogP contribution in [0.25, 0.3) is 11.7 Å². The highest BCUT2D eigenvalue weighted by atomic mass is 32.2. The van der Waals surface area contributed by atoms with E-state index in [0.717, 1.165) is 11.8 Å². The largest absolute Gasteiger partial charge is 0.495 e. The molecule has 0 atom stereocenters. The summed E-state index contributed by atoms with van der Waals surface area (Å²) in [7, 11) is -2.47. The Morgan fingerprint density at radius 1 is 1.06 bits per heavy atom. The van der Waals surface area contributed by atoms with Crippen LogP contribution in [0, 0.1) is 0 Å². The van der Waals surface area contributed by atoms with E-state index in [2.05, 4.69) is 10.3 Å². The number of nitrogens with one attached hydrogen (secondary N) is 1. The molecule has 0 unspecified atom stereocenters. The Morgan fingerprint density at radius 3 is 2.53 bits per heavy atom. The van der Waals surface area contributed by atoms with Gasteiger partial charge in [-0.1, -0.05) is 42.1 Å². The fourth-order valence-electron chi connectivity index (χ4n) is 2.84. The van der Waals surface area contributed by atoms with Gasteiger partial charge in [-0.05, 0) is 36.4 Å². The molecule has 2 aromatic carbocycles. The van der Waals surface area contributed by atoms with Crippen LogP contribution in [0.4, 0.5) is 5.69 Å². The maximum absolute atomic E-state index is 13.2. The molecule has 164 valence electrons. The molecule has 0 saturated carbocycles. The van der Waals surface area contributed by atoms with Gasteiger partial charge in [-0.25, -0.2) is 8.42 Å². The number of oxazole rings is 1. The first-order valence-electron chi connectivity index (χ1n) is 9.39. The molecule has 0 radical (unpaired) electrons. The van der Waals surface area contributed by atoms with Crippen LogP contribution in [0.1, 0.15) is 0 Å². The van der Waals surface area contributed by atoms with Crippen molar-refractivity contribution in [2.45, 2.75) is 15.0 Å². The van der Waals surface area contributed by atoms with Crippen molar-refractivity contribution in [3.63, 3.8) is 0 Å². The number of furan rings is 1. The van der Waals surface area contributed by atoms with Crippen LogP contribution in [-0.2, 0) is 14.6 Å². The molecule has 2 aromatic heterocycles. The van der Waals surface area contributed by atoms with Gasteiger partial charge in [0.1, 0.15) is 5.75 Å². The van der Waals surface area contributed by atoms with Crippen LogP contribution in [-0.4, -0.2) is 32.2 Å². The number of carbonyl (C=O) groups excluding carboxylic acids is 1. The van der Waals surface area contributed by atoms with Gasteiger partial charge in [0.25, 0.3) is 5.89 Å². The smallest absolute Gasteiger partial charge is 0.265 e. The quantitative estimate of drug-likeness (QED) is 0.375. The number of thioether (sulfide) groups is 1. The Bertz CT molecular complexity index is 1320. The normalized spacial score (nSPS) is 11.3. The molecule has 32 heavy (non-hydrogen) atoms.